The van der Waals surface area contributed by atoms with Crippen molar-refractivity contribution >= 4 is 5.91 Å². The highest BCUT2D eigenvalue weighted by atomic mass is 16.2. The van der Waals surface area contributed by atoms with E-state index in [1.807, 2.05) is 17.8 Å². The molecule has 4 heterocycles. The van der Waals surface area contributed by atoms with Crippen LogP contribution in [-0.4, -0.2) is 57.7 Å². The normalized spacial score (nSPS) is 22.4. The second-order valence-corrected chi connectivity index (χ2v) is 8.39. The van der Waals surface area contributed by atoms with Crippen LogP contribution in [0.5, 0.6) is 0 Å². The van der Waals surface area contributed by atoms with Crippen LogP contribution in [0.15, 0.2) is 36.5 Å². The van der Waals surface area contributed by atoms with Gasteiger partial charge in [0.05, 0.1) is 11.3 Å². The zero-order chi connectivity index (χ0) is 19.5. The molecule has 3 aliphatic rings. The molecule has 2 bridgehead atoms. The number of aryl methyl sites for hydroxylation is 3. The van der Waals surface area contributed by atoms with Gasteiger partial charge in [-0.1, -0.05) is 30.3 Å². The van der Waals surface area contributed by atoms with Crippen molar-refractivity contribution in [3.05, 3.63) is 53.3 Å². The molecular formula is C23H32N4O. The predicted molar refractivity (Wildman–Crippen MR) is 111 cm³/mol. The first-order valence-electron chi connectivity index (χ1n) is 10.8. The standard InChI is InChI=1S/C23H32N4O/c1-3-26-17-22(18(2)24-26)23(28)27-15-20-11-12-21(27)16-25(14-20)13-7-10-19-8-5-4-6-9-19/h4-6,8-9,17,20-21H,3,7,10-16H2,1-2H3/t20-,21+/m0/s1. The summed E-state index contributed by atoms with van der Waals surface area (Å²) in [6, 6.07) is 11.1. The number of piperidine rings is 1. The van der Waals surface area contributed by atoms with Crippen LogP contribution >= 0.6 is 0 Å². The maximum absolute atomic E-state index is 13.3. The van der Waals surface area contributed by atoms with Gasteiger partial charge in [0.1, 0.15) is 0 Å². The lowest BCUT2D eigenvalue weighted by Gasteiger charge is -2.36. The van der Waals surface area contributed by atoms with E-state index in [4.69, 9.17) is 0 Å². The lowest BCUT2D eigenvalue weighted by Crippen LogP contribution is -2.47. The van der Waals surface area contributed by atoms with Crippen molar-refractivity contribution in [2.24, 2.45) is 5.92 Å². The molecule has 2 aromatic rings. The summed E-state index contributed by atoms with van der Waals surface area (Å²) in [7, 11) is 0. The van der Waals surface area contributed by atoms with Crippen molar-refractivity contribution in [3.63, 3.8) is 0 Å². The van der Waals surface area contributed by atoms with E-state index in [1.54, 1.807) is 0 Å². The van der Waals surface area contributed by atoms with E-state index in [-0.39, 0.29) is 5.91 Å². The average molecular weight is 381 g/mol. The molecule has 0 unspecified atom stereocenters. The quantitative estimate of drug-likeness (QED) is 0.771. The zero-order valence-corrected chi connectivity index (χ0v) is 17.2. The van der Waals surface area contributed by atoms with Gasteiger partial charge in [-0.05, 0) is 57.6 Å². The average Bonchev–Trinajstić information content (AvgIpc) is 2.87. The van der Waals surface area contributed by atoms with Gasteiger partial charge in [-0.15, -0.1) is 0 Å². The van der Waals surface area contributed by atoms with E-state index in [0.717, 1.165) is 56.8 Å². The molecule has 0 radical (unpaired) electrons. The molecule has 2 atom stereocenters. The van der Waals surface area contributed by atoms with Crippen LogP contribution in [0.25, 0.3) is 0 Å². The topological polar surface area (TPSA) is 41.4 Å². The SMILES string of the molecule is CCn1cc(C(=O)N2C[C@H]3CC[C@@H]2CN(CCCc2ccccc2)C3)c(C)n1. The zero-order valence-electron chi connectivity index (χ0n) is 17.2. The maximum Gasteiger partial charge on any atom is 0.257 e. The first kappa shape index (κ1) is 19.2. The number of rotatable bonds is 6. The van der Waals surface area contributed by atoms with Gasteiger partial charge in [0.15, 0.2) is 0 Å². The van der Waals surface area contributed by atoms with Crippen molar-refractivity contribution in [1.82, 2.24) is 19.6 Å². The third-order valence-corrected chi connectivity index (χ3v) is 6.33. The highest BCUT2D eigenvalue weighted by Crippen LogP contribution is 2.29. The van der Waals surface area contributed by atoms with Crippen LogP contribution < -0.4 is 0 Å². The van der Waals surface area contributed by atoms with Gasteiger partial charge in [-0.3, -0.25) is 9.48 Å². The van der Waals surface area contributed by atoms with Gasteiger partial charge in [-0.25, -0.2) is 0 Å². The van der Waals surface area contributed by atoms with Gasteiger partial charge < -0.3 is 9.80 Å². The summed E-state index contributed by atoms with van der Waals surface area (Å²) >= 11 is 0. The molecule has 1 aromatic heterocycles. The third-order valence-electron chi connectivity index (χ3n) is 6.33. The van der Waals surface area contributed by atoms with Gasteiger partial charge in [0.25, 0.3) is 5.91 Å². The molecule has 1 aromatic carbocycles. The summed E-state index contributed by atoms with van der Waals surface area (Å²) in [6.45, 7) is 8.97. The van der Waals surface area contributed by atoms with Crippen LogP contribution in [0.2, 0.25) is 0 Å². The summed E-state index contributed by atoms with van der Waals surface area (Å²) in [5.74, 6) is 0.777. The molecular weight excluding hydrogens is 348 g/mol. The van der Waals surface area contributed by atoms with Gasteiger partial charge in [-0.2, -0.15) is 5.10 Å². The molecule has 5 rings (SSSR count). The highest BCUT2D eigenvalue weighted by molar-refractivity contribution is 5.95. The van der Waals surface area contributed by atoms with Gasteiger partial charge >= 0.3 is 0 Å². The van der Waals surface area contributed by atoms with Crippen molar-refractivity contribution < 1.29 is 4.79 Å². The minimum Gasteiger partial charge on any atom is -0.334 e. The lowest BCUT2D eigenvalue weighted by molar-refractivity contribution is 0.0584. The molecule has 0 saturated carbocycles. The molecule has 0 aliphatic carbocycles. The molecule has 3 aliphatic heterocycles. The van der Waals surface area contributed by atoms with Crippen LogP contribution in [0.4, 0.5) is 0 Å². The number of benzene rings is 1. The predicted octanol–water partition coefficient (Wildman–Crippen LogP) is 3.38. The first-order chi connectivity index (χ1) is 13.6. The Hall–Kier alpha value is -2.14. The molecule has 3 fully saturated rings. The Morgan fingerprint density at radius 2 is 1.96 bits per heavy atom. The summed E-state index contributed by atoms with van der Waals surface area (Å²) in [5, 5.41) is 4.47. The van der Waals surface area contributed by atoms with E-state index in [2.05, 4.69) is 52.2 Å². The summed E-state index contributed by atoms with van der Waals surface area (Å²) < 4.78 is 1.87. The van der Waals surface area contributed by atoms with Crippen LogP contribution in [0.1, 0.15) is 47.8 Å². The number of nitrogens with zero attached hydrogens (tertiary/aromatic N) is 4. The minimum atomic E-state index is 0.179. The summed E-state index contributed by atoms with van der Waals surface area (Å²) in [4.78, 5) is 18.0. The van der Waals surface area contributed by atoms with E-state index in [1.165, 1.54) is 18.4 Å². The molecule has 28 heavy (non-hydrogen) atoms. The molecule has 5 nitrogen and oxygen atoms in total. The number of carbonyl (C=O) groups is 1. The fraction of sp³-hybridized carbons (Fsp3) is 0.565. The Bertz CT molecular complexity index is 800. The molecule has 1 amide bonds. The highest BCUT2D eigenvalue weighted by Gasteiger charge is 2.37. The molecule has 0 N–H and O–H groups in total. The summed E-state index contributed by atoms with van der Waals surface area (Å²) in [5.41, 5.74) is 3.05. The molecule has 5 heteroatoms. The molecule has 150 valence electrons. The molecule has 0 spiro atoms. The Morgan fingerprint density at radius 1 is 1.14 bits per heavy atom. The number of carbonyl (C=O) groups excluding carboxylic acids is 1. The van der Waals surface area contributed by atoms with Crippen LogP contribution in [-0.2, 0) is 13.0 Å². The third kappa shape index (κ3) is 4.14. The Morgan fingerprint density at radius 3 is 2.71 bits per heavy atom. The fourth-order valence-corrected chi connectivity index (χ4v) is 4.81. The van der Waals surface area contributed by atoms with Crippen molar-refractivity contribution in [1.29, 1.82) is 0 Å². The molecule has 3 saturated heterocycles. The smallest absolute Gasteiger partial charge is 0.257 e. The van der Waals surface area contributed by atoms with Crippen molar-refractivity contribution in [2.75, 3.05) is 26.2 Å². The van der Waals surface area contributed by atoms with E-state index in [0.29, 0.717) is 12.0 Å². The number of aromatic nitrogens is 2. The lowest BCUT2D eigenvalue weighted by atomic mass is 9.94. The maximum atomic E-state index is 13.3. The number of fused-ring (bicyclic) bond motifs is 4. The number of hydrogen-bond acceptors (Lipinski definition) is 3. The van der Waals surface area contributed by atoms with E-state index < -0.39 is 0 Å². The van der Waals surface area contributed by atoms with Gasteiger partial charge in [0, 0.05) is 38.4 Å². The van der Waals surface area contributed by atoms with Crippen molar-refractivity contribution in [3.8, 4) is 0 Å². The van der Waals surface area contributed by atoms with Gasteiger partial charge in [0.2, 0.25) is 0 Å². The minimum absolute atomic E-state index is 0.179. The van der Waals surface area contributed by atoms with Crippen molar-refractivity contribution in [2.45, 2.75) is 52.1 Å². The Labute approximate surface area is 168 Å². The Kier molecular flexibility index (Phi) is 5.81. The summed E-state index contributed by atoms with van der Waals surface area (Å²) in [6.07, 6.45) is 6.61. The van der Waals surface area contributed by atoms with E-state index >= 15 is 0 Å². The van der Waals surface area contributed by atoms with E-state index in [9.17, 15) is 4.79 Å². The largest absolute Gasteiger partial charge is 0.334 e. The second-order valence-electron chi connectivity index (χ2n) is 8.39. The Balaban J connectivity index is 1.39. The second kappa shape index (κ2) is 8.48. The number of hydrogen-bond donors (Lipinski definition) is 0. The van der Waals surface area contributed by atoms with Crippen LogP contribution in [0, 0.1) is 12.8 Å². The first-order valence-corrected chi connectivity index (χ1v) is 10.8. The fourth-order valence-electron chi connectivity index (χ4n) is 4.81. The monoisotopic (exact) mass is 380 g/mol. The number of amides is 1. The van der Waals surface area contributed by atoms with Crippen LogP contribution in [0.3, 0.4) is 0 Å².